The van der Waals surface area contributed by atoms with E-state index in [4.69, 9.17) is 4.74 Å². The second-order valence-electron chi connectivity index (χ2n) is 7.30. The summed E-state index contributed by atoms with van der Waals surface area (Å²) < 4.78 is 6.94. The van der Waals surface area contributed by atoms with Crippen molar-refractivity contribution in [2.75, 3.05) is 39.3 Å². The molecule has 1 saturated carbocycles. The van der Waals surface area contributed by atoms with Gasteiger partial charge >= 0.3 is 6.09 Å². The molecular weight excluding hydrogens is 374 g/mol. The number of hydrogen-bond donors (Lipinski definition) is 1. The van der Waals surface area contributed by atoms with E-state index in [9.17, 15) is 14.4 Å². The summed E-state index contributed by atoms with van der Waals surface area (Å²) >= 11 is 0. The number of rotatable bonds is 5. The lowest BCUT2D eigenvalue weighted by molar-refractivity contribution is -0.131. The van der Waals surface area contributed by atoms with Crippen LogP contribution < -0.4 is 5.32 Å². The number of ether oxygens (including phenoxy) is 1. The molecule has 0 atom stereocenters. The van der Waals surface area contributed by atoms with Crippen LogP contribution in [-0.2, 0) is 9.53 Å². The average molecular weight is 399 g/mol. The van der Waals surface area contributed by atoms with Gasteiger partial charge in [-0.1, -0.05) is 6.07 Å². The Balaban J connectivity index is 1.34. The number of nitrogens with zero attached hydrogens (tertiary/aromatic N) is 4. The molecule has 1 aliphatic heterocycles. The molecule has 2 aliphatic rings. The molecule has 9 heteroatoms. The standard InChI is InChI=1S/C20H25N5O4/c1-2-29-20(28)24-11-9-23(10-12-24)16(26)13-21-19(27)17-15-5-3-4-8-25(15)18(22-17)14-6-7-14/h3-5,8,14H,2,6-7,9-13H2,1H3,(H,21,27). The number of fused-ring (bicyclic) bond motifs is 1. The lowest BCUT2D eigenvalue weighted by Crippen LogP contribution is -2.52. The molecule has 0 bridgehead atoms. The molecule has 1 aliphatic carbocycles. The van der Waals surface area contributed by atoms with Crippen molar-refractivity contribution in [3.63, 3.8) is 0 Å². The van der Waals surface area contributed by atoms with Crippen LogP contribution in [0.25, 0.3) is 5.52 Å². The van der Waals surface area contributed by atoms with Gasteiger partial charge in [0, 0.05) is 38.3 Å². The van der Waals surface area contributed by atoms with Gasteiger partial charge < -0.3 is 24.3 Å². The van der Waals surface area contributed by atoms with E-state index in [0.29, 0.717) is 44.4 Å². The summed E-state index contributed by atoms with van der Waals surface area (Å²) in [5.74, 6) is 0.794. The molecule has 2 fully saturated rings. The first kappa shape index (κ1) is 19.2. The van der Waals surface area contributed by atoms with Gasteiger partial charge in [0.05, 0.1) is 18.7 Å². The second-order valence-corrected chi connectivity index (χ2v) is 7.30. The predicted octanol–water partition coefficient (Wildman–Crippen LogP) is 1.24. The number of nitrogens with one attached hydrogen (secondary N) is 1. The zero-order valence-electron chi connectivity index (χ0n) is 16.5. The third kappa shape index (κ3) is 4.03. The Morgan fingerprint density at radius 2 is 1.86 bits per heavy atom. The second kappa shape index (κ2) is 8.10. The quantitative estimate of drug-likeness (QED) is 0.816. The number of amides is 3. The van der Waals surface area contributed by atoms with Crippen LogP contribution in [0.4, 0.5) is 4.79 Å². The van der Waals surface area contributed by atoms with Gasteiger partial charge in [-0.2, -0.15) is 0 Å². The van der Waals surface area contributed by atoms with Crippen LogP contribution >= 0.6 is 0 Å². The maximum Gasteiger partial charge on any atom is 0.409 e. The number of aromatic nitrogens is 2. The van der Waals surface area contributed by atoms with Gasteiger partial charge in [-0.15, -0.1) is 0 Å². The van der Waals surface area contributed by atoms with Gasteiger partial charge in [0.25, 0.3) is 5.91 Å². The molecule has 0 spiro atoms. The third-order valence-electron chi connectivity index (χ3n) is 5.29. The highest BCUT2D eigenvalue weighted by atomic mass is 16.6. The van der Waals surface area contributed by atoms with Crippen LogP contribution in [0.15, 0.2) is 24.4 Å². The van der Waals surface area contributed by atoms with E-state index in [-0.39, 0.29) is 24.5 Å². The van der Waals surface area contributed by atoms with Crippen molar-refractivity contribution < 1.29 is 19.1 Å². The molecular formula is C20H25N5O4. The lowest BCUT2D eigenvalue weighted by Gasteiger charge is -2.34. The molecule has 1 N–H and O–H groups in total. The van der Waals surface area contributed by atoms with Crippen molar-refractivity contribution in [2.45, 2.75) is 25.7 Å². The van der Waals surface area contributed by atoms with Crippen molar-refractivity contribution in [1.82, 2.24) is 24.5 Å². The third-order valence-corrected chi connectivity index (χ3v) is 5.29. The molecule has 1 saturated heterocycles. The highest BCUT2D eigenvalue weighted by molar-refractivity contribution is 6.00. The van der Waals surface area contributed by atoms with Gasteiger partial charge in [0.2, 0.25) is 5.91 Å². The fraction of sp³-hybridized carbons (Fsp3) is 0.500. The van der Waals surface area contributed by atoms with E-state index in [0.717, 1.165) is 24.2 Å². The van der Waals surface area contributed by atoms with E-state index in [1.54, 1.807) is 16.7 Å². The number of imidazole rings is 1. The van der Waals surface area contributed by atoms with E-state index < -0.39 is 0 Å². The monoisotopic (exact) mass is 399 g/mol. The minimum Gasteiger partial charge on any atom is -0.450 e. The van der Waals surface area contributed by atoms with Gasteiger partial charge in [0.15, 0.2) is 5.69 Å². The summed E-state index contributed by atoms with van der Waals surface area (Å²) in [7, 11) is 0. The first-order valence-corrected chi connectivity index (χ1v) is 10.0. The van der Waals surface area contributed by atoms with Crippen LogP contribution in [0.2, 0.25) is 0 Å². The lowest BCUT2D eigenvalue weighted by atomic mass is 10.3. The van der Waals surface area contributed by atoms with Gasteiger partial charge in [-0.3, -0.25) is 9.59 Å². The minimum atomic E-state index is -0.356. The number of carbonyl (C=O) groups excluding carboxylic acids is 3. The van der Waals surface area contributed by atoms with Crippen LogP contribution in [-0.4, -0.2) is 76.4 Å². The van der Waals surface area contributed by atoms with Crippen molar-refractivity contribution in [3.05, 3.63) is 35.9 Å². The Labute approximate surface area is 168 Å². The topological polar surface area (TPSA) is 96.2 Å². The maximum absolute atomic E-state index is 12.7. The van der Waals surface area contributed by atoms with Crippen molar-refractivity contribution in [3.8, 4) is 0 Å². The Bertz CT molecular complexity index is 928. The van der Waals surface area contributed by atoms with Crippen LogP contribution in [0.1, 0.15) is 42.0 Å². The first-order valence-electron chi connectivity index (χ1n) is 10.0. The molecule has 9 nitrogen and oxygen atoms in total. The van der Waals surface area contributed by atoms with Crippen molar-refractivity contribution in [1.29, 1.82) is 0 Å². The molecule has 0 aromatic carbocycles. The van der Waals surface area contributed by atoms with Gasteiger partial charge in [-0.25, -0.2) is 9.78 Å². The van der Waals surface area contributed by atoms with Crippen LogP contribution in [0.3, 0.4) is 0 Å². The summed E-state index contributed by atoms with van der Waals surface area (Å²) in [5, 5.41) is 2.70. The summed E-state index contributed by atoms with van der Waals surface area (Å²) in [6.45, 7) is 3.69. The van der Waals surface area contributed by atoms with Crippen LogP contribution in [0.5, 0.6) is 0 Å². The van der Waals surface area contributed by atoms with E-state index in [1.165, 1.54) is 0 Å². The molecule has 2 aromatic rings. The fourth-order valence-corrected chi connectivity index (χ4v) is 3.56. The zero-order chi connectivity index (χ0) is 20.4. The van der Waals surface area contributed by atoms with E-state index in [1.807, 2.05) is 28.8 Å². The first-order chi connectivity index (χ1) is 14.1. The Kier molecular flexibility index (Phi) is 5.37. The molecule has 3 heterocycles. The summed E-state index contributed by atoms with van der Waals surface area (Å²) in [4.78, 5) is 44.7. The normalized spacial score (nSPS) is 16.7. The van der Waals surface area contributed by atoms with Gasteiger partial charge in [-0.05, 0) is 31.9 Å². The number of piperazine rings is 1. The smallest absolute Gasteiger partial charge is 0.409 e. The Hall–Kier alpha value is -3.10. The average Bonchev–Trinajstić information content (AvgIpc) is 3.52. The summed E-state index contributed by atoms with van der Waals surface area (Å²) in [5.41, 5.74) is 1.11. The fourth-order valence-electron chi connectivity index (χ4n) is 3.56. The van der Waals surface area contributed by atoms with Gasteiger partial charge in [0.1, 0.15) is 5.82 Å². The van der Waals surface area contributed by atoms with Crippen molar-refractivity contribution in [2.24, 2.45) is 0 Å². The number of hydrogen-bond acceptors (Lipinski definition) is 5. The molecule has 3 amide bonds. The summed E-state index contributed by atoms with van der Waals surface area (Å²) in [6, 6.07) is 5.66. The highest BCUT2D eigenvalue weighted by Gasteiger charge is 2.31. The molecule has 2 aromatic heterocycles. The summed E-state index contributed by atoms with van der Waals surface area (Å²) in [6.07, 6.45) is 3.74. The minimum absolute atomic E-state index is 0.0944. The predicted molar refractivity (Wildman–Crippen MR) is 105 cm³/mol. The highest BCUT2D eigenvalue weighted by Crippen LogP contribution is 2.39. The van der Waals surface area contributed by atoms with E-state index in [2.05, 4.69) is 10.3 Å². The van der Waals surface area contributed by atoms with E-state index >= 15 is 0 Å². The Morgan fingerprint density at radius 3 is 2.55 bits per heavy atom. The van der Waals surface area contributed by atoms with Crippen molar-refractivity contribution >= 4 is 23.4 Å². The molecule has 154 valence electrons. The molecule has 4 rings (SSSR count). The molecule has 0 unspecified atom stereocenters. The number of pyridine rings is 1. The Morgan fingerprint density at radius 1 is 1.14 bits per heavy atom. The number of carbonyl (C=O) groups is 3. The molecule has 29 heavy (non-hydrogen) atoms. The zero-order valence-corrected chi connectivity index (χ0v) is 16.5. The molecule has 0 radical (unpaired) electrons. The van der Waals surface area contributed by atoms with Crippen LogP contribution in [0, 0.1) is 0 Å². The largest absolute Gasteiger partial charge is 0.450 e. The SMILES string of the molecule is CCOC(=O)N1CCN(C(=O)CNC(=O)c2nc(C3CC3)n3ccccc23)CC1. The maximum atomic E-state index is 12.7.